The van der Waals surface area contributed by atoms with Crippen molar-refractivity contribution in [3.05, 3.63) is 72.9 Å². The van der Waals surface area contributed by atoms with Crippen LogP contribution in [0.25, 0.3) is 0 Å². The molecule has 56 heavy (non-hydrogen) atoms. The SMILES string of the molecule is CC\C=C/C=C\C=C/C=C\CCCCCCCC(=O)OCC(COC(=O)CCCCCCCCCCC)OC(=O)CCCCCCCCC/C=C\C/C=C\CC. The molecule has 0 aliphatic heterocycles. The maximum absolute atomic E-state index is 12.7. The molecule has 0 aromatic carbocycles. The lowest BCUT2D eigenvalue weighted by Crippen LogP contribution is -2.30. The highest BCUT2D eigenvalue weighted by molar-refractivity contribution is 5.71. The van der Waals surface area contributed by atoms with Gasteiger partial charge in [-0.1, -0.05) is 196 Å². The number of carbonyl (C=O) groups is 3. The Morgan fingerprint density at radius 2 is 0.786 bits per heavy atom. The lowest BCUT2D eigenvalue weighted by molar-refractivity contribution is -0.167. The summed E-state index contributed by atoms with van der Waals surface area (Å²) >= 11 is 0. The van der Waals surface area contributed by atoms with Crippen LogP contribution in [0.5, 0.6) is 0 Å². The van der Waals surface area contributed by atoms with Crippen molar-refractivity contribution < 1.29 is 28.6 Å². The molecule has 0 radical (unpaired) electrons. The van der Waals surface area contributed by atoms with Crippen molar-refractivity contribution in [3.8, 4) is 0 Å². The van der Waals surface area contributed by atoms with Gasteiger partial charge in [0.2, 0.25) is 0 Å². The number of esters is 3. The molecule has 0 rings (SSSR count). The fourth-order valence-electron chi connectivity index (χ4n) is 6.14. The van der Waals surface area contributed by atoms with E-state index in [1.807, 2.05) is 18.2 Å². The predicted octanol–water partition coefficient (Wildman–Crippen LogP) is 14.7. The van der Waals surface area contributed by atoms with Crippen LogP contribution in [0, 0.1) is 0 Å². The molecular weight excluding hydrogens is 697 g/mol. The maximum atomic E-state index is 12.7. The van der Waals surface area contributed by atoms with Crippen LogP contribution in [0.1, 0.15) is 207 Å². The molecule has 0 saturated carbocycles. The summed E-state index contributed by atoms with van der Waals surface area (Å²) in [4.78, 5) is 37.7. The van der Waals surface area contributed by atoms with Crippen molar-refractivity contribution >= 4 is 17.9 Å². The number of hydrogen-bond donors (Lipinski definition) is 0. The molecule has 6 nitrogen and oxygen atoms in total. The van der Waals surface area contributed by atoms with Gasteiger partial charge in [-0.2, -0.15) is 0 Å². The van der Waals surface area contributed by atoms with Gasteiger partial charge in [-0.3, -0.25) is 14.4 Å². The highest BCUT2D eigenvalue weighted by Gasteiger charge is 2.19. The first-order valence-corrected chi connectivity index (χ1v) is 23.0. The van der Waals surface area contributed by atoms with E-state index in [1.165, 1.54) is 64.2 Å². The lowest BCUT2D eigenvalue weighted by atomic mass is 10.1. The fourth-order valence-corrected chi connectivity index (χ4v) is 6.14. The Morgan fingerprint density at radius 1 is 0.393 bits per heavy atom. The van der Waals surface area contributed by atoms with Crippen LogP contribution in [0.15, 0.2) is 72.9 Å². The highest BCUT2D eigenvalue weighted by atomic mass is 16.6. The summed E-state index contributed by atoms with van der Waals surface area (Å²) in [6.45, 7) is 6.33. The largest absolute Gasteiger partial charge is 0.462 e. The first-order chi connectivity index (χ1) is 27.5. The summed E-state index contributed by atoms with van der Waals surface area (Å²) in [5.74, 6) is -0.926. The summed E-state index contributed by atoms with van der Waals surface area (Å²) < 4.78 is 16.7. The van der Waals surface area contributed by atoms with Crippen molar-refractivity contribution in [1.29, 1.82) is 0 Å². The van der Waals surface area contributed by atoms with Gasteiger partial charge >= 0.3 is 17.9 Å². The van der Waals surface area contributed by atoms with Gasteiger partial charge in [-0.25, -0.2) is 0 Å². The van der Waals surface area contributed by atoms with Crippen LogP contribution >= 0.6 is 0 Å². The lowest BCUT2D eigenvalue weighted by Gasteiger charge is -2.18. The Hall–Kier alpha value is -3.15. The molecule has 320 valence electrons. The molecule has 0 aliphatic carbocycles. The van der Waals surface area contributed by atoms with Crippen molar-refractivity contribution in [3.63, 3.8) is 0 Å². The number of hydrogen-bond acceptors (Lipinski definition) is 6. The number of ether oxygens (including phenoxy) is 3. The molecule has 0 aromatic rings. The number of unbranched alkanes of at least 4 members (excludes halogenated alkanes) is 20. The minimum absolute atomic E-state index is 0.0862. The van der Waals surface area contributed by atoms with E-state index < -0.39 is 6.10 Å². The zero-order chi connectivity index (χ0) is 40.8. The van der Waals surface area contributed by atoms with Crippen LogP contribution in [0.2, 0.25) is 0 Å². The van der Waals surface area contributed by atoms with Gasteiger partial charge in [0, 0.05) is 19.3 Å². The third kappa shape index (κ3) is 42.0. The first kappa shape index (κ1) is 52.9. The molecule has 0 N–H and O–H groups in total. The Labute approximate surface area is 344 Å². The Kier molecular flexibility index (Phi) is 42.1. The predicted molar refractivity (Wildman–Crippen MR) is 238 cm³/mol. The number of allylic oxidation sites excluding steroid dienone is 12. The first-order valence-electron chi connectivity index (χ1n) is 23.0. The highest BCUT2D eigenvalue weighted by Crippen LogP contribution is 2.14. The molecule has 1 atom stereocenters. The smallest absolute Gasteiger partial charge is 0.306 e. The molecule has 0 amide bonds. The number of rotatable bonds is 40. The summed E-state index contributed by atoms with van der Waals surface area (Å²) in [6, 6.07) is 0. The average molecular weight is 781 g/mol. The van der Waals surface area contributed by atoms with E-state index >= 15 is 0 Å². The van der Waals surface area contributed by atoms with Crippen LogP contribution in [-0.4, -0.2) is 37.2 Å². The van der Waals surface area contributed by atoms with Gasteiger partial charge in [0.1, 0.15) is 13.2 Å². The number of carbonyl (C=O) groups excluding carboxylic acids is 3. The van der Waals surface area contributed by atoms with Crippen LogP contribution in [-0.2, 0) is 28.6 Å². The van der Waals surface area contributed by atoms with Gasteiger partial charge in [0.15, 0.2) is 6.10 Å². The molecule has 0 aliphatic rings. The van der Waals surface area contributed by atoms with E-state index in [0.29, 0.717) is 19.3 Å². The second kappa shape index (κ2) is 44.6. The molecule has 0 spiro atoms. The normalized spacial score (nSPS) is 12.7. The van der Waals surface area contributed by atoms with Crippen molar-refractivity contribution in [2.24, 2.45) is 0 Å². The van der Waals surface area contributed by atoms with E-state index in [4.69, 9.17) is 14.2 Å². The van der Waals surface area contributed by atoms with E-state index in [9.17, 15) is 14.4 Å². The van der Waals surface area contributed by atoms with E-state index in [0.717, 1.165) is 103 Å². The average Bonchev–Trinajstić information content (AvgIpc) is 3.19. The zero-order valence-corrected chi connectivity index (χ0v) is 36.4. The Bertz CT molecular complexity index is 1080. The molecule has 0 fully saturated rings. The van der Waals surface area contributed by atoms with Gasteiger partial charge in [-0.05, 0) is 64.2 Å². The third-order valence-corrected chi connectivity index (χ3v) is 9.55. The second-order valence-corrected chi connectivity index (χ2v) is 15.0. The molecule has 0 aromatic heterocycles. The Balaban J connectivity index is 4.41. The van der Waals surface area contributed by atoms with Crippen molar-refractivity contribution in [1.82, 2.24) is 0 Å². The molecule has 1 unspecified atom stereocenters. The van der Waals surface area contributed by atoms with E-state index in [2.05, 4.69) is 75.5 Å². The second-order valence-electron chi connectivity index (χ2n) is 15.0. The standard InChI is InChI=1S/C50H84O6/c1-4-7-10-13-16-19-21-23-25-27-28-31-34-37-40-43-49(52)55-46-47(45-54-48(51)42-39-36-33-30-18-15-12-9-6-3)56-50(53)44-41-38-35-32-29-26-24-22-20-17-14-11-8-5-2/h7-8,10-11,13,16-17,19-21,23,25,47H,4-6,9,12,14-15,18,22,24,26-46H2,1-3H3/b10-7-,11-8-,16-13-,20-17-,21-19-,25-23-. The molecule has 6 heteroatoms. The van der Waals surface area contributed by atoms with Crippen molar-refractivity contribution in [2.45, 2.75) is 213 Å². The quantitative estimate of drug-likeness (QED) is 0.0203. The summed E-state index contributed by atoms with van der Waals surface area (Å²) in [5.41, 5.74) is 0. The summed E-state index contributed by atoms with van der Waals surface area (Å²) in [6.07, 6.45) is 54.5. The summed E-state index contributed by atoms with van der Waals surface area (Å²) in [5, 5.41) is 0. The van der Waals surface area contributed by atoms with Gasteiger partial charge < -0.3 is 14.2 Å². The molecule has 0 bridgehead atoms. The Morgan fingerprint density at radius 3 is 1.29 bits per heavy atom. The van der Waals surface area contributed by atoms with E-state index in [-0.39, 0.29) is 31.1 Å². The monoisotopic (exact) mass is 781 g/mol. The van der Waals surface area contributed by atoms with Crippen LogP contribution in [0.4, 0.5) is 0 Å². The topological polar surface area (TPSA) is 78.9 Å². The molecule has 0 saturated heterocycles. The maximum Gasteiger partial charge on any atom is 0.306 e. The minimum Gasteiger partial charge on any atom is -0.462 e. The van der Waals surface area contributed by atoms with E-state index in [1.54, 1.807) is 0 Å². The fraction of sp³-hybridized carbons (Fsp3) is 0.700. The molecular formula is C50H84O6. The zero-order valence-electron chi connectivity index (χ0n) is 36.4. The van der Waals surface area contributed by atoms with Gasteiger partial charge in [-0.15, -0.1) is 0 Å². The molecule has 0 heterocycles. The van der Waals surface area contributed by atoms with Gasteiger partial charge in [0.05, 0.1) is 0 Å². The van der Waals surface area contributed by atoms with Crippen molar-refractivity contribution in [2.75, 3.05) is 13.2 Å². The third-order valence-electron chi connectivity index (χ3n) is 9.55. The van der Waals surface area contributed by atoms with Gasteiger partial charge in [0.25, 0.3) is 0 Å². The summed E-state index contributed by atoms with van der Waals surface area (Å²) in [7, 11) is 0. The minimum atomic E-state index is -0.785. The van der Waals surface area contributed by atoms with Crippen LogP contribution < -0.4 is 0 Å². The van der Waals surface area contributed by atoms with Crippen LogP contribution in [0.3, 0.4) is 0 Å².